The molecule has 0 saturated heterocycles. The van der Waals surface area contributed by atoms with Crippen molar-refractivity contribution in [3.63, 3.8) is 0 Å². The van der Waals surface area contributed by atoms with Crippen LogP contribution in [0.3, 0.4) is 0 Å². The van der Waals surface area contributed by atoms with Gasteiger partial charge >= 0.3 is 0 Å². The number of carbonyl (C=O) groups is 1. The Hall–Kier alpha value is -1.90. The average molecular weight is 214 g/mol. The van der Waals surface area contributed by atoms with Crippen LogP contribution < -0.4 is 0 Å². The number of aromatic nitrogens is 2. The predicted octanol–water partition coefficient (Wildman–Crippen LogP) is 2.69. The highest BCUT2D eigenvalue weighted by Crippen LogP contribution is 2.17. The van der Waals surface area contributed by atoms with Crippen LogP contribution in [0.4, 0.5) is 0 Å². The summed E-state index contributed by atoms with van der Waals surface area (Å²) in [6, 6.07) is 7.58. The van der Waals surface area contributed by atoms with Gasteiger partial charge in [0.2, 0.25) is 0 Å². The summed E-state index contributed by atoms with van der Waals surface area (Å²) in [6.45, 7) is 5.46. The molecule has 0 spiro atoms. The highest BCUT2D eigenvalue weighted by atomic mass is 16.1. The smallest absolute Gasteiger partial charge is 0.161 e. The van der Waals surface area contributed by atoms with Crippen LogP contribution >= 0.6 is 0 Å². The van der Waals surface area contributed by atoms with Crippen molar-refractivity contribution in [3.8, 4) is 5.69 Å². The molecule has 1 heterocycles. The molecule has 82 valence electrons. The number of rotatable bonds is 2. The monoisotopic (exact) mass is 214 g/mol. The molecule has 2 rings (SSSR count). The third-order valence-corrected chi connectivity index (χ3v) is 2.55. The maximum atomic E-state index is 11.5. The van der Waals surface area contributed by atoms with E-state index < -0.39 is 0 Å². The van der Waals surface area contributed by atoms with Crippen LogP contribution in [0.15, 0.2) is 30.5 Å². The van der Waals surface area contributed by atoms with E-state index in [0.29, 0.717) is 0 Å². The van der Waals surface area contributed by atoms with Crippen molar-refractivity contribution in [2.75, 3.05) is 0 Å². The van der Waals surface area contributed by atoms with Crippen LogP contribution in [-0.4, -0.2) is 15.3 Å². The summed E-state index contributed by atoms with van der Waals surface area (Å²) in [5.74, 6) is 0.965. The Kier molecular flexibility index (Phi) is 2.60. The van der Waals surface area contributed by atoms with Gasteiger partial charge in [-0.2, -0.15) is 0 Å². The second-order valence-electron chi connectivity index (χ2n) is 3.87. The number of benzene rings is 1. The quantitative estimate of drug-likeness (QED) is 0.720. The molecule has 0 atom stereocenters. The molecule has 2 aromatic rings. The number of ketones is 1. The van der Waals surface area contributed by atoms with Gasteiger partial charge in [0.05, 0.1) is 11.4 Å². The van der Waals surface area contributed by atoms with Gasteiger partial charge in [0.1, 0.15) is 5.82 Å². The van der Waals surface area contributed by atoms with Gasteiger partial charge in [-0.15, -0.1) is 0 Å². The lowest BCUT2D eigenvalue weighted by Crippen LogP contribution is -2.03. The van der Waals surface area contributed by atoms with Gasteiger partial charge in [0.15, 0.2) is 5.78 Å². The molecule has 0 aliphatic heterocycles. The first-order valence-corrected chi connectivity index (χ1v) is 5.22. The summed E-state index contributed by atoms with van der Waals surface area (Å²) < 4.78 is 1.95. The zero-order valence-corrected chi connectivity index (χ0v) is 9.69. The molecular weight excluding hydrogens is 200 g/mol. The van der Waals surface area contributed by atoms with Crippen molar-refractivity contribution >= 4 is 5.78 Å². The summed E-state index contributed by atoms with van der Waals surface area (Å²) in [6.07, 6.45) is 1.94. The molecule has 0 fully saturated rings. The molecule has 0 N–H and O–H groups in total. The number of aryl methyl sites for hydroxylation is 2. The van der Waals surface area contributed by atoms with E-state index in [1.807, 2.05) is 48.9 Å². The second kappa shape index (κ2) is 3.93. The zero-order chi connectivity index (χ0) is 11.7. The molecule has 0 unspecified atom stereocenters. The fraction of sp³-hybridized carbons (Fsp3) is 0.231. The third-order valence-electron chi connectivity index (χ3n) is 2.55. The van der Waals surface area contributed by atoms with Gasteiger partial charge in [-0.1, -0.05) is 12.1 Å². The molecule has 3 heteroatoms. The third kappa shape index (κ3) is 1.76. The van der Waals surface area contributed by atoms with Gasteiger partial charge < -0.3 is 4.57 Å². The summed E-state index contributed by atoms with van der Waals surface area (Å²) in [5.41, 5.74) is 2.58. The predicted molar refractivity (Wildman–Crippen MR) is 63.0 cm³/mol. The Morgan fingerprint density at radius 1 is 1.25 bits per heavy atom. The van der Waals surface area contributed by atoms with Crippen molar-refractivity contribution < 1.29 is 4.79 Å². The molecule has 0 aliphatic carbocycles. The highest BCUT2D eigenvalue weighted by molar-refractivity contribution is 5.97. The molecule has 0 bridgehead atoms. The van der Waals surface area contributed by atoms with Crippen LogP contribution in [0.5, 0.6) is 0 Å². The Morgan fingerprint density at radius 2 is 1.94 bits per heavy atom. The lowest BCUT2D eigenvalue weighted by atomic mass is 10.1. The molecule has 0 saturated carbocycles. The van der Waals surface area contributed by atoms with E-state index in [-0.39, 0.29) is 5.78 Å². The maximum absolute atomic E-state index is 11.5. The molecule has 1 aromatic heterocycles. The molecule has 16 heavy (non-hydrogen) atoms. The summed E-state index contributed by atoms with van der Waals surface area (Å²) in [5, 5.41) is 0. The average Bonchev–Trinajstić information content (AvgIpc) is 2.57. The molecular formula is C13H14N2O. The molecule has 0 aliphatic rings. The fourth-order valence-electron chi connectivity index (χ4n) is 1.84. The Morgan fingerprint density at radius 3 is 2.50 bits per heavy atom. The fourth-order valence-corrected chi connectivity index (χ4v) is 1.84. The molecule has 3 nitrogen and oxygen atoms in total. The Bertz CT molecular complexity index is 541. The number of para-hydroxylation sites is 1. The van der Waals surface area contributed by atoms with Crippen molar-refractivity contribution in [3.05, 3.63) is 47.5 Å². The summed E-state index contributed by atoms with van der Waals surface area (Å²) in [7, 11) is 0. The Labute approximate surface area is 94.7 Å². The summed E-state index contributed by atoms with van der Waals surface area (Å²) >= 11 is 0. The minimum atomic E-state index is 0.0707. The van der Waals surface area contributed by atoms with Crippen LogP contribution in [0.25, 0.3) is 5.69 Å². The first-order chi connectivity index (χ1) is 7.59. The van der Waals surface area contributed by atoms with E-state index in [4.69, 9.17) is 0 Å². The number of Topliss-reactive ketones (excluding diaryl/α,β-unsaturated/α-hetero) is 1. The number of nitrogens with zero attached hydrogens (tertiary/aromatic N) is 2. The molecule has 0 radical (unpaired) electrons. The van der Waals surface area contributed by atoms with Gasteiger partial charge in [-0.05, 0) is 32.9 Å². The van der Waals surface area contributed by atoms with Crippen molar-refractivity contribution in [1.82, 2.24) is 9.55 Å². The van der Waals surface area contributed by atoms with Crippen LogP contribution in [0.2, 0.25) is 0 Å². The maximum Gasteiger partial charge on any atom is 0.161 e. The second-order valence-corrected chi connectivity index (χ2v) is 3.87. The molecule has 0 amide bonds. The SMILES string of the molecule is CC(=O)c1ccccc1-n1cc(C)nc1C. The number of imidazole rings is 1. The van der Waals surface area contributed by atoms with Gasteiger partial charge in [0.25, 0.3) is 0 Å². The number of hydrogen-bond acceptors (Lipinski definition) is 2. The highest BCUT2D eigenvalue weighted by Gasteiger charge is 2.10. The molecule has 1 aromatic carbocycles. The van der Waals surface area contributed by atoms with Crippen molar-refractivity contribution in [1.29, 1.82) is 0 Å². The van der Waals surface area contributed by atoms with Crippen LogP contribution in [0.1, 0.15) is 28.8 Å². The van der Waals surface area contributed by atoms with E-state index >= 15 is 0 Å². The first-order valence-electron chi connectivity index (χ1n) is 5.22. The largest absolute Gasteiger partial charge is 0.303 e. The van der Waals surface area contributed by atoms with Crippen LogP contribution in [-0.2, 0) is 0 Å². The van der Waals surface area contributed by atoms with Gasteiger partial charge in [0, 0.05) is 11.8 Å². The van der Waals surface area contributed by atoms with E-state index in [9.17, 15) is 4.79 Å². The van der Waals surface area contributed by atoms with Gasteiger partial charge in [-0.25, -0.2) is 4.98 Å². The topological polar surface area (TPSA) is 34.9 Å². The normalized spacial score (nSPS) is 10.4. The Balaban J connectivity index is 2.64. The standard InChI is InChI=1S/C13H14N2O/c1-9-8-15(11(3)14-9)13-7-5-4-6-12(13)10(2)16/h4-8H,1-3H3. The number of hydrogen-bond donors (Lipinski definition) is 0. The lowest BCUT2D eigenvalue weighted by Gasteiger charge is -2.08. The van der Waals surface area contributed by atoms with Crippen LogP contribution in [0, 0.1) is 13.8 Å². The van der Waals surface area contributed by atoms with Gasteiger partial charge in [-0.3, -0.25) is 4.79 Å². The first kappa shape index (κ1) is 10.6. The van der Waals surface area contributed by atoms with E-state index in [1.54, 1.807) is 6.92 Å². The van der Waals surface area contributed by atoms with Crippen molar-refractivity contribution in [2.24, 2.45) is 0 Å². The zero-order valence-electron chi connectivity index (χ0n) is 9.69. The van der Waals surface area contributed by atoms with E-state index in [2.05, 4.69) is 4.98 Å². The minimum absolute atomic E-state index is 0.0707. The van der Waals surface area contributed by atoms with Crippen molar-refractivity contribution in [2.45, 2.75) is 20.8 Å². The summed E-state index contributed by atoms with van der Waals surface area (Å²) in [4.78, 5) is 15.9. The van der Waals surface area contributed by atoms with E-state index in [1.165, 1.54) is 0 Å². The lowest BCUT2D eigenvalue weighted by molar-refractivity contribution is 0.101. The number of carbonyl (C=O) groups excluding carboxylic acids is 1. The minimum Gasteiger partial charge on any atom is -0.303 e. The van der Waals surface area contributed by atoms with E-state index in [0.717, 1.165) is 22.8 Å².